The second-order valence-electron chi connectivity index (χ2n) is 4.21. The molecule has 112 valence electrons. The van der Waals surface area contributed by atoms with Gasteiger partial charge in [-0.3, -0.25) is 4.79 Å². The van der Waals surface area contributed by atoms with E-state index in [9.17, 15) is 14.0 Å². The number of amides is 1. The average molecular weight is 311 g/mol. The number of benzene rings is 1. The van der Waals surface area contributed by atoms with Crippen LogP contribution in [-0.4, -0.2) is 38.7 Å². The van der Waals surface area contributed by atoms with Crippen LogP contribution in [-0.2, 0) is 14.3 Å². The Balaban J connectivity index is 1.91. The molecule has 0 unspecified atom stereocenters. The summed E-state index contributed by atoms with van der Waals surface area (Å²) in [7, 11) is 1.52. The van der Waals surface area contributed by atoms with E-state index in [4.69, 9.17) is 9.47 Å². The lowest BCUT2D eigenvalue weighted by molar-refractivity contribution is -0.124. The molecular formula is C14H14FNO4S. The highest BCUT2D eigenvalue weighted by atomic mass is 32.1. The number of esters is 1. The van der Waals surface area contributed by atoms with Crippen molar-refractivity contribution < 1.29 is 23.5 Å². The van der Waals surface area contributed by atoms with Crippen molar-refractivity contribution >= 4 is 33.3 Å². The molecule has 0 bridgehead atoms. The Labute approximate surface area is 124 Å². The molecule has 1 aromatic carbocycles. The van der Waals surface area contributed by atoms with Gasteiger partial charge < -0.3 is 14.8 Å². The molecule has 0 fully saturated rings. The van der Waals surface area contributed by atoms with Crippen LogP contribution in [0.15, 0.2) is 24.3 Å². The predicted octanol–water partition coefficient (Wildman–Crippen LogP) is 1.96. The van der Waals surface area contributed by atoms with E-state index < -0.39 is 11.9 Å². The summed E-state index contributed by atoms with van der Waals surface area (Å²) >= 11 is 1.19. The average Bonchev–Trinajstić information content (AvgIpc) is 2.88. The van der Waals surface area contributed by atoms with E-state index in [1.165, 1.54) is 30.6 Å². The first-order chi connectivity index (χ1) is 10.1. The summed E-state index contributed by atoms with van der Waals surface area (Å²) in [6.07, 6.45) is 0. The minimum absolute atomic E-state index is 0.334. The normalized spacial score (nSPS) is 10.6. The van der Waals surface area contributed by atoms with E-state index in [1.807, 2.05) is 0 Å². The number of hydrogen-bond donors (Lipinski definition) is 1. The summed E-state index contributed by atoms with van der Waals surface area (Å²) < 4.78 is 23.5. The van der Waals surface area contributed by atoms with Crippen molar-refractivity contribution in [2.75, 3.05) is 26.9 Å². The number of halogens is 1. The summed E-state index contributed by atoms with van der Waals surface area (Å²) in [5, 5.41) is 3.17. The van der Waals surface area contributed by atoms with Crippen molar-refractivity contribution in [3.05, 3.63) is 35.0 Å². The molecule has 21 heavy (non-hydrogen) atoms. The molecule has 0 saturated carbocycles. The first-order valence-electron chi connectivity index (χ1n) is 6.22. The highest BCUT2D eigenvalue weighted by Crippen LogP contribution is 2.26. The Morgan fingerprint density at radius 3 is 2.90 bits per heavy atom. The number of thiophene rings is 1. The molecule has 0 aliphatic carbocycles. The lowest BCUT2D eigenvalue weighted by Gasteiger charge is -2.04. The van der Waals surface area contributed by atoms with Gasteiger partial charge >= 0.3 is 5.97 Å². The summed E-state index contributed by atoms with van der Waals surface area (Å²) in [5.41, 5.74) is 0. The number of carbonyl (C=O) groups is 2. The molecule has 2 aromatic rings. The zero-order valence-corrected chi connectivity index (χ0v) is 12.2. The molecular weight excluding hydrogens is 297 g/mol. The van der Waals surface area contributed by atoms with Gasteiger partial charge in [0, 0.05) is 18.4 Å². The maximum absolute atomic E-state index is 13.1. The molecule has 0 spiro atoms. The van der Waals surface area contributed by atoms with Crippen molar-refractivity contribution in [2.45, 2.75) is 0 Å². The number of rotatable bonds is 6. The van der Waals surface area contributed by atoms with Crippen molar-refractivity contribution in [2.24, 2.45) is 0 Å². The Kier molecular flexibility index (Phi) is 5.24. The Morgan fingerprint density at radius 2 is 2.14 bits per heavy atom. The SMILES string of the molecule is COCCNC(=O)COC(=O)c1cc2cc(F)ccc2s1. The van der Waals surface area contributed by atoms with Crippen LogP contribution < -0.4 is 5.32 Å². The number of carbonyl (C=O) groups excluding carboxylic acids is 2. The quantitative estimate of drug-likeness (QED) is 0.654. The molecule has 0 radical (unpaired) electrons. The zero-order chi connectivity index (χ0) is 15.2. The van der Waals surface area contributed by atoms with Gasteiger partial charge in [-0.2, -0.15) is 0 Å². The fraction of sp³-hybridized carbons (Fsp3) is 0.286. The molecule has 1 amide bonds. The van der Waals surface area contributed by atoms with Gasteiger partial charge in [0.05, 0.1) is 6.61 Å². The Morgan fingerprint density at radius 1 is 1.33 bits per heavy atom. The van der Waals surface area contributed by atoms with Crippen molar-refractivity contribution in [1.29, 1.82) is 0 Å². The van der Waals surface area contributed by atoms with E-state index in [0.29, 0.717) is 23.4 Å². The number of ether oxygens (including phenoxy) is 2. The van der Waals surface area contributed by atoms with Gasteiger partial charge in [-0.05, 0) is 29.7 Å². The minimum atomic E-state index is -0.599. The largest absolute Gasteiger partial charge is 0.451 e. The van der Waals surface area contributed by atoms with Gasteiger partial charge in [0.1, 0.15) is 10.7 Å². The van der Waals surface area contributed by atoms with Crippen LogP contribution in [0.3, 0.4) is 0 Å². The zero-order valence-electron chi connectivity index (χ0n) is 11.3. The van der Waals surface area contributed by atoms with Crippen molar-refractivity contribution in [3.63, 3.8) is 0 Å². The lowest BCUT2D eigenvalue weighted by atomic mass is 10.2. The minimum Gasteiger partial charge on any atom is -0.451 e. The lowest BCUT2D eigenvalue weighted by Crippen LogP contribution is -2.31. The van der Waals surface area contributed by atoms with E-state index in [1.54, 1.807) is 12.1 Å². The van der Waals surface area contributed by atoms with Crippen LogP contribution in [0.4, 0.5) is 4.39 Å². The number of nitrogens with one attached hydrogen (secondary N) is 1. The Hall–Kier alpha value is -1.99. The number of methoxy groups -OCH3 is 1. The molecule has 1 aromatic heterocycles. The van der Waals surface area contributed by atoms with E-state index >= 15 is 0 Å². The van der Waals surface area contributed by atoms with Crippen LogP contribution in [0, 0.1) is 5.82 Å². The molecule has 1 N–H and O–H groups in total. The topological polar surface area (TPSA) is 64.6 Å². The molecule has 1 heterocycles. The number of hydrogen-bond acceptors (Lipinski definition) is 5. The fourth-order valence-corrected chi connectivity index (χ4v) is 2.60. The van der Waals surface area contributed by atoms with Crippen molar-refractivity contribution in [1.82, 2.24) is 5.32 Å². The molecule has 0 saturated heterocycles. The standard InChI is InChI=1S/C14H14FNO4S/c1-19-5-4-16-13(17)8-20-14(18)12-7-9-6-10(15)2-3-11(9)21-12/h2-3,6-7H,4-5,8H2,1H3,(H,16,17). The molecule has 0 aliphatic rings. The van der Waals surface area contributed by atoms with E-state index in [2.05, 4.69) is 5.32 Å². The van der Waals surface area contributed by atoms with Crippen LogP contribution >= 0.6 is 11.3 Å². The molecule has 5 nitrogen and oxygen atoms in total. The molecule has 0 aliphatic heterocycles. The second-order valence-corrected chi connectivity index (χ2v) is 5.30. The van der Waals surface area contributed by atoms with Crippen LogP contribution in [0.1, 0.15) is 9.67 Å². The summed E-state index contributed by atoms with van der Waals surface area (Å²) in [6, 6.07) is 5.83. The van der Waals surface area contributed by atoms with E-state index in [0.717, 1.165) is 4.70 Å². The van der Waals surface area contributed by atoms with Gasteiger partial charge in [-0.1, -0.05) is 0 Å². The Bertz CT molecular complexity index is 655. The number of fused-ring (bicyclic) bond motifs is 1. The third-order valence-corrected chi connectivity index (χ3v) is 3.74. The monoisotopic (exact) mass is 311 g/mol. The predicted molar refractivity (Wildman–Crippen MR) is 77.0 cm³/mol. The highest BCUT2D eigenvalue weighted by Gasteiger charge is 2.13. The van der Waals surface area contributed by atoms with Crippen LogP contribution in [0.5, 0.6) is 0 Å². The van der Waals surface area contributed by atoms with E-state index in [-0.39, 0.29) is 12.4 Å². The summed E-state index contributed by atoms with van der Waals surface area (Å²) in [4.78, 5) is 23.5. The summed E-state index contributed by atoms with van der Waals surface area (Å²) in [6.45, 7) is 0.391. The van der Waals surface area contributed by atoms with Crippen molar-refractivity contribution in [3.8, 4) is 0 Å². The highest BCUT2D eigenvalue weighted by molar-refractivity contribution is 7.20. The third-order valence-electron chi connectivity index (χ3n) is 2.64. The van der Waals surface area contributed by atoms with Gasteiger partial charge in [0.15, 0.2) is 6.61 Å². The smallest absolute Gasteiger partial charge is 0.348 e. The van der Waals surface area contributed by atoms with Gasteiger partial charge in [-0.15, -0.1) is 11.3 Å². The van der Waals surface area contributed by atoms with Crippen LogP contribution in [0.2, 0.25) is 0 Å². The maximum atomic E-state index is 13.1. The van der Waals surface area contributed by atoms with Gasteiger partial charge in [-0.25, -0.2) is 9.18 Å². The van der Waals surface area contributed by atoms with Gasteiger partial charge in [0.25, 0.3) is 5.91 Å². The fourth-order valence-electron chi connectivity index (χ4n) is 1.66. The first-order valence-corrected chi connectivity index (χ1v) is 7.03. The summed E-state index contributed by atoms with van der Waals surface area (Å²) in [5.74, 6) is -1.36. The third kappa shape index (κ3) is 4.24. The second kappa shape index (κ2) is 7.14. The first kappa shape index (κ1) is 15.4. The maximum Gasteiger partial charge on any atom is 0.348 e. The molecule has 0 atom stereocenters. The van der Waals surface area contributed by atoms with Crippen LogP contribution in [0.25, 0.3) is 10.1 Å². The van der Waals surface area contributed by atoms with Gasteiger partial charge in [0.2, 0.25) is 0 Å². The molecule has 7 heteroatoms. The molecule has 2 rings (SSSR count).